The number of nitrogens with one attached hydrogen (secondary N) is 2. The van der Waals surface area contributed by atoms with Gasteiger partial charge in [0.25, 0.3) is 0 Å². The minimum absolute atomic E-state index is 0.217. The molecule has 9 heteroatoms. The van der Waals surface area contributed by atoms with Crippen molar-refractivity contribution in [1.82, 2.24) is 20.2 Å². The second-order valence-electron chi connectivity index (χ2n) is 9.73. The van der Waals surface area contributed by atoms with Gasteiger partial charge >= 0.3 is 0 Å². The maximum Gasteiger partial charge on any atom is 0.163 e. The van der Waals surface area contributed by atoms with Gasteiger partial charge in [-0.15, -0.1) is 0 Å². The van der Waals surface area contributed by atoms with Crippen molar-refractivity contribution in [2.45, 2.75) is 38.2 Å². The Bertz CT molecular complexity index is 998. The minimum Gasteiger partial charge on any atom is -0.491 e. The fourth-order valence-electron chi connectivity index (χ4n) is 4.70. The predicted octanol–water partition coefficient (Wildman–Crippen LogP) is 3.13. The van der Waals surface area contributed by atoms with Crippen LogP contribution in [0.2, 0.25) is 0 Å². The zero-order valence-electron chi connectivity index (χ0n) is 22.1. The number of rotatable bonds is 12. The first-order chi connectivity index (χ1) is 18.1. The largest absolute Gasteiger partial charge is 0.491 e. The number of ether oxygens (including phenoxy) is 2. The van der Waals surface area contributed by atoms with Crippen molar-refractivity contribution in [3.8, 4) is 17.1 Å². The molecular weight excluding hydrogens is 468 g/mol. The van der Waals surface area contributed by atoms with E-state index in [0.717, 1.165) is 62.8 Å². The first-order valence-electron chi connectivity index (χ1n) is 13.6. The summed E-state index contributed by atoms with van der Waals surface area (Å²) in [6, 6.07) is 9.77. The monoisotopic (exact) mass is 510 g/mol. The van der Waals surface area contributed by atoms with Crippen molar-refractivity contribution in [2.75, 3.05) is 76.4 Å². The standard InChI is InChI=1S/C28H42N6O3/c1-22-8-4-3-5-12-33(22)13-7-11-30-26-19-27(34-14-16-36-17-15-34)32-28(31-26)23-9-6-10-25(18-23)37-21-24(35)20-29-2/h6,9-10,18-19,24,29,35H,1,3-5,7-8,11-17,20-21H2,2H3,(H,30,31,32). The van der Waals surface area contributed by atoms with Gasteiger partial charge in [0, 0.05) is 56.6 Å². The van der Waals surface area contributed by atoms with Gasteiger partial charge in [0.2, 0.25) is 0 Å². The molecule has 2 aliphatic heterocycles. The maximum absolute atomic E-state index is 9.98. The van der Waals surface area contributed by atoms with Crippen LogP contribution in [0.5, 0.6) is 5.75 Å². The molecule has 0 aliphatic carbocycles. The lowest BCUT2D eigenvalue weighted by Gasteiger charge is -2.28. The van der Waals surface area contributed by atoms with Gasteiger partial charge in [0.1, 0.15) is 30.1 Å². The van der Waals surface area contributed by atoms with Crippen molar-refractivity contribution < 1.29 is 14.6 Å². The van der Waals surface area contributed by atoms with Gasteiger partial charge in [-0.2, -0.15) is 0 Å². The third kappa shape index (κ3) is 8.31. The van der Waals surface area contributed by atoms with Crippen LogP contribution in [-0.2, 0) is 4.74 Å². The molecule has 1 aromatic carbocycles. The number of nitrogens with zero attached hydrogens (tertiary/aromatic N) is 4. The topological polar surface area (TPSA) is 95.0 Å². The Balaban J connectivity index is 1.45. The number of hydrogen-bond donors (Lipinski definition) is 3. The lowest BCUT2D eigenvalue weighted by atomic mass is 10.2. The summed E-state index contributed by atoms with van der Waals surface area (Å²) in [7, 11) is 1.81. The summed E-state index contributed by atoms with van der Waals surface area (Å²) in [5.41, 5.74) is 2.15. The molecule has 4 rings (SSSR count). The van der Waals surface area contributed by atoms with Gasteiger partial charge in [-0.25, -0.2) is 9.97 Å². The molecule has 0 amide bonds. The van der Waals surface area contributed by atoms with Crippen LogP contribution in [0.4, 0.5) is 11.6 Å². The van der Waals surface area contributed by atoms with Crippen LogP contribution in [0, 0.1) is 0 Å². The number of aromatic nitrogens is 2. The van der Waals surface area contributed by atoms with Crippen LogP contribution in [-0.4, -0.2) is 92.2 Å². The Morgan fingerprint density at radius 3 is 2.84 bits per heavy atom. The molecule has 1 unspecified atom stereocenters. The highest BCUT2D eigenvalue weighted by molar-refractivity contribution is 5.63. The predicted molar refractivity (Wildman–Crippen MR) is 148 cm³/mol. The van der Waals surface area contributed by atoms with Crippen molar-refractivity contribution >= 4 is 11.6 Å². The number of anilines is 2. The fraction of sp³-hybridized carbons (Fsp3) is 0.571. The number of likely N-dealkylation sites (tertiary alicyclic amines) is 1. The van der Waals surface area contributed by atoms with Gasteiger partial charge < -0.3 is 35.0 Å². The van der Waals surface area contributed by atoms with Crippen LogP contribution in [0.3, 0.4) is 0 Å². The molecule has 2 saturated heterocycles. The Labute approximate surface area is 220 Å². The Hall–Kier alpha value is -2.88. The van der Waals surface area contributed by atoms with E-state index in [1.807, 2.05) is 30.3 Å². The summed E-state index contributed by atoms with van der Waals surface area (Å²) in [5, 5.41) is 16.5. The van der Waals surface area contributed by atoms with Crippen LogP contribution >= 0.6 is 0 Å². The molecule has 1 atom stereocenters. The summed E-state index contributed by atoms with van der Waals surface area (Å²) in [5.74, 6) is 3.04. The molecule has 2 fully saturated rings. The Morgan fingerprint density at radius 2 is 2.00 bits per heavy atom. The Morgan fingerprint density at radius 1 is 1.14 bits per heavy atom. The summed E-state index contributed by atoms with van der Waals surface area (Å²) in [6.07, 6.45) is 5.36. The highest BCUT2D eigenvalue weighted by atomic mass is 16.5. The van der Waals surface area contributed by atoms with E-state index >= 15 is 0 Å². The SMILES string of the molecule is C=C1CCCCCN1CCCNc1cc(N2CCOCC2)nc(-c2cccc(OCC(O)CNC)c2)n1. The Kier molecular flexibility index (Phi) is 10.4. The smallest absolute Gasteiger partial charge is 0.163 e. The van der Waals surface area contributed by atoms with E-state index in [1.165, 1.54) is 25.0 Å². The second kappa shape index (κ2) is 14.2. The van der Waals surface area contributed by atoms with Crippen molar-refractivity contribution in [1.29, 1.82) is 0 Å². The molecule has 2 aliphatic rings. The average Bonchev–Trinajstić information content (AvgIpc) is 3.14. The van der Waals surface area contributed by atoms with E-state index in [-0.39, 0.29) is 6.61 Å². The summed E-state index contributed by atoms with van der Waals surface area (Å²) >= 11 is 0. The molecule has 0 spiro atoms. The molecule has 37 heavy (non-hydrogen) atoms. The number of likely N-dealkylation sites (N-methyl/N-ethyl adjacent to an activating group) is 1. The zero-order valence-corrected chi connectivity index (χ0v) is 22.1. The van der Waals surface area contributed by atoms with Crippen molar-refractivity contribution in [3.05, 3.63) is 42.6 Å². The molecule has 202 valence electrons. The number of morpholine rings is 1. The first kappa shape index (κ1) is 27.2. The molecule has 2 aromatic rings. The quantitative estimate of drug-likeness (QED) is 0.372. The highest BCUT2D eigenvalue weighted by Gasteiger charge is 2.17. The maximum atomic E-state index is 9.98. The lowest BCUT2D eigenvalue weighted by Crippen LogP contribution is -2.37. The number of allylic oxidation sites excluding steroid dienone is 1. The minimum atomic E-state index is -0.572. The van der Waals surface area contributed by atoms with Gasteiger partial charge in [0.15, 0.2) is 5.82 Å². The number of benzene rings is 1. The van der Waals surface area contributed by atoms with Gasteiger partial charge in [-0.3, -0.25) is 0 Å². The fourth-order valence-corrected chi connectivity index (χ4v) is 4.70. The van der Waals surface area contributed by atoms with Gasteiger partial charge in [-0.05, 0) is 44.9 Å². The van der Waals surface area contributed by atoms with E-state index in [9.17, 15) is 5.11 Å². The summed E-state index contributed by atoms with van der Waals surface area (Å²) < 4.78 is 11.4. The summed E-state index contributed by atoms with van der Waals surface area (Å²) in [4.78, 5) is 14.4. The van der Waals surface area contributed by atoms with Crippen LogP contribution in [0.15, 0.2) is 42.6 Å². The number of hydrogen-bond acceptors (Lipinski definition) is 9. The molecular formula is C28H42N6O3. The van der Waals surface area contributed by atoms with Crippen LogP contribution in [0.1, 0.15) is 32.1 Å². The molecule has 1 aromatic heterocycles. The van der Waals surface area contributed by atoms with Gasteiger partial charge in [0.05, 0.1) is 13.2 Å². The van der Waals surface area contributed by atoms with Crippen molar-refractivity contribution in [2.24, 2.45) is 0 Å². The first-order valence-corrected chi connectivity index (χ1v) is 13.6. The van der Waals surface area contributed by atoms with Gasteiger partial charge in [-0.1, -0.05) is 25.1 Å². The third-order valence-electron chi connectivity index (χ3n) is 6.77. The molecule has 3 heterocycles. The van der Waals surface area contributed by atoms with Crippen LogP contribution in [0.25, 0.3) is 11.4 Å². The average molecular weight is 511 g/mol. The molecule has 9 nitrogen and oxygen atoms in total. The second-order valence-corrected chi connectivity index (χ2v) is 9.73. The number of aliphatic hydroxyl groups is 1. The van der Waals surface area contributed by atoms with E-state index in [2.05, 4.69) is 27.0 Å². The molecule has 0 saturated carbocycles. The zero-order chi connectivity index (χ0) is 25.9. The van der Waals surface area contributed by atoms with E-state index in [0.29, 0.717) is 31.3 Å². The molecule has 0 radical (unpaired) electrons. The van der Waals surface area contributed by atoms with E-state index < -0.39 is 6.10 Å². The number of aliphatic hydroxyl groups excluding tert-OH is 1. The molecule has 3 N–H and O–H groups in total. The lowest BCUT2D eigenvalue weighted by molar-refractivity contribution is 0.108. The molecule has 0 bridgehead atoms. The van der Waals surface area contributed by atoms with Crippen molar-refractivity contribution in [3.63, 3.8) is 0 Å². The third-order valence-corrected chi connectivity index (χ3v) is 6.77. The van der Waals surface area contributed by atoms with E-state index in [1.54, 1.807) is 7.05 Å². The highest BCUT2D eigenvalue weighted by Crippen LogP contribution is 2.26. The summed E-state index contributed by atoms with van der Waals surface area (Å²) in [6.45, 7) is 10.9. The van der Waals surface area contributed by atoms with Crippen LogP contribution < -0.4 is 20.3 Å². The normalized spacial score (nSPS) is 17.4. The van der Waals surface area contributed by atoms with E-state index in [4.69, 9.17) is 19.4 Å².